The van der Waals surface area contributed by atoms with Crippen LogP contribution in [0.15, 0.2) is 12.2 Å². The minimum Gasteiger partial charge on any atom is -0.229 e. The van der Waals surface area contributed by atoms with Gasteiger partial charge in [0.1, 0.15) is 0 Å². The Morgan fingerprint density at radius 3 is 2.45 bits per heavy atom. The Bertz CT molecular complexity index is 251. The summed E-state index contributed by atoms with van der Waals surface area (Å²) in [6, 6.07) is 0. The van der Waals surface area contributed by atoms with Crippen molar-refractivity contribution in [3.63, 3.8) is 0 Å². The zero-order valence-corrected chi connectivity index (χ0v) is 7.76. The molecule has 0 spiro atoms. The maximum atomic E-state index is 11.1. The second-order valence-corrected chi connectivity index (χ2v) is 5.65. The molecule has 64 valence electrons. The van der Waals surface area contributed by atoms with Gasteiger partial charge in [-0.2, -0.15) is 0 Å². The van der Waals surface area contributed by atoms with Gasteiger partial charge in [-0.3, -0.25) is 0 Å². The number of rotatable bonds is 1. The number of hydrogen-bond donors (Lipinski definition) is 0. The number of allylic oxidation sites excluding steroid dienone is 2. The topological polar surface area (TPSA) is 34.1 Å². The highest BCUT2D eigenvalue weighted by molar-refractivity contribution is 7.91. The summed E-state index contributed by atoms with van der Waals surface area (Å²) in [5, 5.41) is -0.137. The van der Waals surface area contributed by atoms with Gasteiger partial charge in [-0.05, 0) is 18.8 Å². The minimum atomic E-state index is -2.81. The first kappa shape index (κ1) is 8.78. The maximum absolute atomic E-state index is 11.1. The smallest absolute Gasteiger partial charge is 0.150 e. The predicted molar refractivity (Wildman–Crippen MR) is 46.2 cm³/mol. The largest absolute Gasteiger partial charge is 0.229 e. The fourth-order valence-electron chi connectivity index (χ4n) is 1.40. The Labute approximate surface area is 68.2 Å². The maximum Gasteiger partial charge on any atom is 0.150 e. The van der Waals surface area contributed by atoms with Crippen LogP contribution in [0, 0.1) is 5.92 Å². The van der Waals surface area contributed by atoms with Gasteiger partial charge in [0, 0.05) is 6.26 Å². The molecule has 2 unspecified atom stereocenters. The van der Waals surface area contributed by atoms with E-state index in [4.69, 9.17) is 0 Å². The molecule has 0 aromatic rings. The molecule has 11 heavy (non-hydrogen) atoms. The summed E-state index contributed by atoms with van der Waals surface area (Å²) in [5.74, 6) is 0.420. The standard InChI is InChI=1S/C8H14O2S/c1-7-4-3-5-8(6-7)11(2,9)10/h3-4,7-8H,5-6H2,1-2H3. The number of sulfone groups is 1. The van der Waals surface area contributed by atoms with Gasteiger partial charge < -0.3 is 0 Å². The Morgan fingerprint density at radius 1 is 1.45 bits per heavy atom. The van der Waals surface area contributed by atoms with Crippen molar-refractivity contribution in [3.05, 3.63) is 12.2 Å². The molecule has 0 fully saturated rings. The summed E-state index contributed by atoms with van der Waals surface area (Å²) in [5.41, 5.74) is 0. The lowest BCUT2D eigenvalue weighted by Gasteiger charge is -2.20. The van der Waals surface area contributed by atoms with Crippen LogP contribution in [0.1, 0.15) is 19.8 Å². The van der Waals surface area contributed by atoms with Gasteiger partial charge in [0.15, 0.2) is 9.84 Å². The Morgan fingerprint density at radius 2 is 2.09 bits per heavy atom. The fraction of sp³-hybridized carbons (Fsp3) is 0.750. The van der Waals surface area contributed by atoms with Crippen LogP contribution in [0.2, 0.25) is 0 Å². The molecule has 0 amide bonds. The summed E-state index contributed by atoms with van der Waals surface area (Å²) < 4.78 is 22.2. The van der Waals surface area contributed by atoms with Crippen molar-refractivity contribution in [2.45, 2.75) is 25.0 Å². The van der Waals surface area contributed by atoms with E-state index in [2.05, 4.69) is 6.08 Å². The van der Waals surface area contributed by atoms with Crippen molar-refractivity contribution < 1.29 is 8.42 Å². The fourth-order valence-corrected chi connectivity index (χ4v) is 2.52. The Hall–Kier alpha value is -0.310. The van der Waals surface area contributed by atoms with Crippen LogP contribution in [0.3, 0.4) is 0 Å². The third-order valence-electron chi connectivity index (χ3n) is 2.10. The molecule has 0 N–H and O–H groups in total. The van der Waals surface area contributed by atoms with Crippen molar-refractivity contribution >= 4 is 9.84 Å². The molecular weight excluding hydrogens is 160 g/mol. The van der Waals surface area contributed by atoms with Crippen molar-refractivity contribution in [2.75, 3.05) is 6.26 Å². The lowest BCUT2D eigenvalue weighted by Crippen LogP contribution is -2.23. The molecule has 1 rings (SSSR count). The van der Waals surface area contributed by atoms with E-state index in [-0.39, 0.29) is 5.25 Å². The third kappa shape index (κ3) is 2.33. The van der Waals surface area contributed by atoms with Gasteiger partial charge in [0.25, 0.3) is 0 Å². The molecule has 1 aliphatic rings. The molecule has 0 bridgehead atoms. The molecule has 2 nitrogen and oxygen atoms in total. The minimum absolute atomic E-state index is 0.137. The summed E-state index contributed by atoms with van der Waals surface area (Å²) in [6.45, 7) is 2.05. The predicted octanol–water partition coefficient (Wildman–Crippen LogP) is 1.39. The van der Waals surface area contributed by atoms with Crippen LogP contribution in [0.4, 0.5) is 0 Å². The number of hydrogen-bond acceptors (Lipinski definition) is 2. The van der Waals surface area contributed by atoms with Crippen LogP contribution in [-0.4, -0.2) is 19.9 Å². The molecule has 3 heteroatoms. The van der Waals surface area contributed by atoms with Crippen molar-refractivity contribution in [3.8, 4) is 0 Å². The molecule has 0 aliphatic heterocycles. The van der Waals surface area contributed by atoms with Crippen LogP contribution in [0.5, 0.6) is 0 Å². The molecule has 0 aromatic carbocycles. The van der Waals surface area contributed by atoms with E-state index in [1.807, 2.05) is 13.0 Å². The SMILES string of the molecule is CC1C=CCC(S(C)(=O)=O)C1. The lowest BCUT2D eigenvalue weighted by molar-refractivity contribution is 0.539. The van der Waals surface area contributed by atoms with Crippen molar-refractivity contribution in [1.82, 2.24) is 0 Å². The molecule has 2 atom stereocenters. The zero-order valence-electron chi connectivity index (χ0n) is 6.95. The van der Waals surface area contributed by atoms with Crippen LogP contribution in [0.25, 0.3) is 0 Å². The molecule has 0 heterocycles. The molecule has 0 radical (unpaired) electrons. The quantitative estimate of drug-likeness (QED) is 0.563. The second-order valence-electron chi connectivity index (χ2n) is 3.33. The first-order valence-electron chi connectivity index (χ1n) is 3.85. The van der Waals surface area contributed by atoms with E-state index in [9.17, 15) is 8.42 Å². The van der Waals surface area contributed by atoms with Gasteiger partial charge in [-0.25, -0.2) is 8.42 Å². The summed E-state index contributed by atoms with van der Waals surface area (Å²) in [4.78, 5) is 0. The monoisotopic (exact) mass is 174 g/mol. The normalized spacial score (nSPS) is 32.2. The Kier molecular flexibility index (Phi) is 2.37. The zero-order chi connectivity index (χ0) is 8.48. The Balaban J connectivity index is 2.72. The van der Waals surface area contributed by atoms with E-state index in [1.54, 1.807) is 0 Å². The van der Waals surface area contributed by atoms with E-state index in [0.717, 1.165) is 6.42 Å². The second kappa shape index (κ2) is 2.97. The molecular formula is C8H14O2S. The summed E-state index contributed by atoms with van der Waals surface area (Å²) >= 11 is 0. The molecule has 1 aliphatic carbocycles. The van der Waals surface area contributed by atoms with Crippen molar-refractivity contribution in [1.29, 1.82) is 0 Å². The van der Waals surface area contributed by atoms with E-state index in [0.29, 0.717) is 12.3 Å². The lowest BCUT2D eigenvalue weighted by atomic mass is 9.98. The van der Waals surface area contributed by atoms with Gasteiger partial charge in [-0.15, -0.1) is 0 Å². The van der Waals surface area contributed by atoms with E-state index >= 15 is 0 Å². The molecule has 0 saturated heterocycles. The average Bonchev–Trinajstić information content (AvgIpc) is 1.86. The first-order chi connectivity index (χ1) is 5.00. The van der Waals surface area contributed by atoms with Crippen molar-refractivity contribution in [2.24, 2.45) is 5.92 Å². The van der Waals surface area contributed by atoms with E-state index < -0.39 is 9.84 Å². The summed E-state index contributed by atoms with van der Waals surface area (Å²) in [7, 11) is -2.81. The third-order valence-corrected chi connectivity index (χ3v) is 3.70. The highest BCUT2D eigenvalue weighted by Gasteiger charge is 2.23. The van der Waals surface area contributed by atoms with Gasteiger partial charge in [-0.1, -0.05) is 19.1 Å². The molecule has 0 saturated carbocycles. The van der Waals surface area contributed by atoms with Crippen LogP contribution in [-0.2, 0) is 9.84 Å². The van der Waals surface area contributed by atoms with Crippen LogP contribution < -0.4 is 0 Å². The highest BCUT2D eigenvalue weighted by Crippen LogP contribution is 2.22. The molecule has 0 aromatic heterocycles. The highest BCUT2D eigenvalue weighted by atomic mass is 32.2. The van der Waals surface area contributed by atoms with Gasteiger partial charge in [0.05, 0.1) is 5.25 Å². The average molecular weight is 174 g/mol. The summed E-state index contributed by atoms with van der Waals surface area (Å²) in [6.07, 6.45) is 6.86. The van der Waals surface area contributed by atoms with Gasteiger partial charge >= 0.3 is 0 Å². The van der Waals surface area contributed by atoms with E-state index in [1.165, 1.54) is 6.26 Å². The van der Waals surface area contributed by atoms with Crippen LogP contribution >= 0.6 is 0 Å². The van der Waals surface area contributed by atoms with Gasteiger partial charge in [0.2, 0.25) is 0 Å². The first-order valence-corrected chi connectivity index (χ1v) is 5.81.